The lowest BCUT2D eigenvalue weighted by Crippen LogP contribution is -2.27. The average molecular weight is 280 g/mol. The second-order valence-corrected chi connectivity index (χ2v) is 5.76. The quantitative estimate of drug-likeness (QED) is 0.776. The smallest absolute Gasteiger partial charge is 0.147 e. The van der Waals surface area contributed by atoms with E-state index in [0.29, 0.717) is 12.1 Å². The van der Waals surface area contributed by atoms with Gasteiger partial charge in [-0.15, -0.1) is 6.58 Å². The van der Waals surface area contributed by atoms with Crippen LogP contribution in [0.3, 0.4) is 0 Å². The van der Waals surface area contributed by atoms with Crippen molar-refractivity contribution in [1.29, 1.82) is 0 Å². The number of nitrogens with zero attached hydrogens (tertiary/aromatic N) is 2. The van der Waals surface area contributed by atoms with Gasteiger partial charge in [0.25, 0.3) is 0 Å². The number of pyridine rings is 1. The van der Waals surface area contributed by atoms with E-state index in [1.807, 2.05) is 18.3 Å². The van der Waals surface area contributed by atoms with Gasteiger partial charge in [-0.05, 0) is 24.5 Å². The predicted molar refractivity (Wildman–Crippen MR) is 81.8 cm³/mol. The van der Waals surface area contributed by atoms with Gasteiger partial charge >= 0.3 is 0 Å². The van der Waals surface area contributed by atoms with Gasteiger partial charge in [-0.3, -0.25) is 0 Å². The molecule has 1 saturated carbocycles. The van der Waals surface area contributed by atoms with Crippen LogP contribution in [-0.2, 0) is 6.54 Å². The van der Waals surface area contributed by atoms with Crippen molar-refractivity contribution in [1.82, 2.24) is 10.3 Å². The Hall–Kier alpha value is -1.06. The monoisotopic (exact) mass is 279 g/mol. The van der Waals surface area contributed by atoms with Gasteiger partial charge in [-0.1, -0.05) is 31.5 Å². The van der Waals surface area contributed by atoms with Gasteiger partial charge in [0.2, 0.25) is 0 Å². The summed E-state index contributed by atoms with van der Waals surface area (Å²) in [6.07, 6.45) is 6.27. The number of rotatable bonds is 7. The first-order valence-corrected chi connectivity index (χ1v) is 7.25. The van der Waals surface area contributed by atoms with Gasteiger partial charge in [0.1, 0.15) is 5.82 Å². The molecule has 1 heterocycles. The summed E-state index contributed by atoms with van der Waals surface area (Å²) >= 11 is 6.38. The second kappa shape index (κ2) is 6.40. The predicted octanol–water partition coefficient (Wildman–Crippen LogP) is 3.39. The molecule has 1 N–H and O–H groups in total. The highest BCUT2D eigenvalue weighted by atomic mass is 35.5. The summed E-state index contributed by atoms with van der Waals surface area (Å²) in [7, 11) is 0. The molecule has 0 amide bonds. The first-order chi connectivity index (χ1) is 9.11. The number of hydrogen-bond donors (Lipinski definition) is 1. The minimum Gasteiger partial charge on any atom is -0.349 e. The van der Waals surface area contributed by atoms with Crippen LogP contribution in [0.4, 0.5) is 5.82 Å². The van der Waals surface area contributed by atoms with E-state index < -0.39 is 0 Å². The molecule has 3 nitrogen and oxygen atoms in total. The molecule has 4 heteroatoms. The topological polar surface area (TPSA) is 28.2 Å². The molecule has 1 aliphatic carbocycles. The summed E-state index contributed by atoms with van der Waals surface area (Å²) in [5.74, 6) is 0.886. The van der Waals surface area contributed by atoms with Crippen LogP contribution >= 0.6 is 11.6 Å². The van der Waals surface area contributed by atoms with Crippen LogP contribution in [0.5, 0.6) is 0 Å². The largest absolute Gasteiger partial charge is 0.349 e. The molecular formula is C15H22ClN3. The standard InChI is InChI=1S/C15H22ClN3/c1-4-7-19(13-5-6-13)15-14(16)8-12(10-18-15)9-17-11(2)3/h4,8,10-11,13,17H,1,5-7,9H2,2-3H3. The van der Waals surface area contributed by atoms with Crippen molar-refractivity contribution in [2.24, 2.45) is 0 Å². The van der Waals surface area contributed by atoms with Crippen molar-refractivity contribution in [2.45, 2.75) is 45.3 Å². The summed E-state index contributed by atoms with van der Waals surface area (Å²) in [5.41, 5.74) is 1.12. The fraction of sp³-hybridized carbons (Fsp3) is 0.533. The summed E-state index contributed by atoms with van der Waals surface area (Å²) in [6.45, 7) is 9.67. The van der Waals surface area contributed by atoms with Crippen molar-refractivity contribution in [3.05, 3.63) is 35.5 Å². The molecule has 0 spiro atoms. The number of aromatic nitrogens is 1. The zero-order chi connectivity index (χ0) is 13.8. The second-order valence-electron chi connectivity index (χ2n) is 5.36. The zero-order valence-corrected chi connectivity index (χ0v) is 12.5. The fourth-order valence-electron chi connectivity index (χ4n) is 2.03. The minimum absolute atomic E-state index is 0.460. The maximum Gasteiger partial charge on any atom is 0.147 e. The number of anilines is 1. The van der Waals surface area contributed by atoms with Gasteiger partial charge in [0, 0.05) is 31.4 Å². The summed E-state index contributed by atoms with van der Waals surface area (Å²) in [4.78, 5) is 6.79. The number of halogens is 1. The molecule has 1 fully saturated rings. The third kappa shape index (κ3) is 3.95. The van der Waals surface area contributed by atoms with Crippen molar-refractivity contribution >= 4 is 17.4 Å². The molecule has 0 bridgehead atoms. The number of hydrogen-bond acceptors (Lipinski definition) is 3. The van der Waals surface area contributed by atoms with E-state index >= 15 is 0 Å². The van der Waals surface area contributed by atoms with Crippen LogP contribution in [0.25, 0.3) is 0 Å². The van der Waals surface area contributed by atoms with Crippen molar-refractivity contribution < 1.29 is 0 Å². The minimum atomic E-state index is 0.460. The van der Waals surface area contributed by atoms with Crippen LogP contribution in [0.2, 0.25) is 5.02 Å². The molecule has 1 aromatic rings. The van der Waals surface area contributed by atoms with Crippen LogP contribution in [0.1, 0.15) is 32.3 Å². The molecule has 0 atom stereocenters. The lowest BCUT2D eigenvalue weighted by atomic mass is 10.2. The maximum atomic E-state index is 6.38. The average Bonchev–Trinajstić information content (AvgIpc) is 3.18. The summed E-state index contributed by atoms with van der Waals surface area (Å²) < 4.78 is 0. The van der Waals surface area contributed by atoms with E-state index in [4.69, 9.17) is 11.6 Å². The van der Waals surface area contributed by atoms with Crippen molar-refractivity contribution in [2.75, 3.05) is 11.4 Å². The lowest BCUT2D eigenvalue weighted by Gasteiger charge is -2.23. The maximum absolute atomic E-state index is 6.38. The lowest BCUT2D eigenvalue weighted by molar-refractivity contribution is 0.588. The molecule has 1 aromatic heterocycles. The van der Waals surface area contributed by atoms with E-state index in [0.717, 1.165) is 29.5 Å². The molecule has 0 saturated heterocycles. The van der Waals surface area contributed by atoms with E-state index in [2.05, 4.69) is 35.6 Å². The van der Waals surface area contributed by atoms with Gasteiger partial charge in [-0.25, -0.2) is 4.98 Å². The Morgan fingerprint density at radius 2 is 2.32 bits per heavy atom. The third-order valence-electron chi connectivity index (χ3n) is 3.18. The SMILES string of the molecule is C=CCN(c1ncc(CNC(C)C)cc1Cl)C1CC1. The Balaban J connectivity index is 2.10. The van der Waals surface area contributed by atoms with Gasteiger partial charge < -0.3 is 10.2 Å². The highest BCUT2D eigenvalue weighted by molar-refractivity contribution is 6.33. The normalized spacial score (nSPS) is 14.7. The molecule has 0 unspecified atom stereocenters. The van der Waals surface area contributed by atoms with Crippen molar-refractivity contribution in [3.8, 4) is 0 Å². The molecule has 2 rings (SSSR count). The fourth-order valence-corrected chi connectivity index (χ4v) is 2.33. The van der Waals surface area contributed by atoms with Crippen molar-refractivity contribution in [3.63, 3.8) is 0 Å². The Morgan fingerprint density at radius 3 is 2.84 bits per heavy atom. The third-order valence-corrected chi connectivity index (χ3v) is 3.46. The molecular weight excluding hydrogens is 258 g/mol. The Kier molecular flexibility index (Phi) is 4.83. The van der Waals surface area contributed by atoms with E-state index in [1.165, 1.54) is 12.8 Å². The van der Waals surface area contributed by atoms with Crippen LogP contribution in [0.15, 0.2) is 24.9 Å². The molecule has 0 aromatic carbocycles. The first kappa shape index (κ1) is 14.4. The number of nitrogens with one attached hydrogen (secondary N) is 1. The van der Waals surface area contributed by atoms with E-state index in [9.17, 15) is 0 Å². The Morgan fingerprint density at radius 1 is 1.58 bits per heavy atom. The zero-order valence-electron chi connectivity index (χ0n) is 11.7. The van der Waals surface area contributed by atoms with Gasteiger partial charge in [0.05, 0.1) is 5.02 Å². The van der Waals surface area contributed by atoms with Crippen LogP contribution in [-0.4, -0.2) is 23.6 Å². The first-order valence-electron chi connectivity index (χ1n) is 6.87. The van der Waals surface area contributed by atoms with E-state index in [1.54, 1.807) is 0 Å². The summed E-state index contributed by atoms with van der Waals surface area (Å²) in [6, 6.07) is 3.06. The Bertz CT molecular complexity index is 441. The highest BCUT2D eigenvalue weighted by Gasteiger charge is 2.30. The summed E-state index contributed by atoms with van der Waals surface area (Å²) in [5, 5.41) is 4.10. The highest BCUT2D eigenvalue weighted by Crippen LogP contribution is 2.34. The molecule has 19 heavy (non-hydrogen) atoms. The van der Waals surface area contributed by atoms with Crippen LogP contribution in [0, 0.1) is 0 Å². The Labute approximate surface area is 120 Å². The molecule has 0 radical (unpaired) electrons. The van der Waals surface area contributed by atoms with Gasteiger partial charge in [-0.2, -0.15) is 0 Å². The van der Waals surface area contributed by atoms with E-state index in [-0.39, 0.29) is 0 Å². The molecule has 104 valence electrons. The molecule has 1 aliphatic rings. The van der Waals surface area contributed by atoms with Crippen LogP contribution < -0.4 is 10.2 Å². The molecule has 0 aliphatic heterocycles. The van der Waals surface area contributed by atoms with Gasteiger partial charge in [0.15, 0.2) is 0 Å².